The maximum Gasteiger partial charge on any atom is 0.255 e. The van der Waals surface area contributed by atoms with Gasteiger partial charge in [-0.2, -0.15) is 15.6 Å². The van der Waals surface area contributed by atoms with Gasteiger partial charge in [0.1, 0.15) is 12.1 Å². The average molecular weight is 290 g/mol. The van der Waals surface area contributed by atoms with Gasteiger partial charge in [-0.15, -0.1) is 0 Å². The van der Waals surface area contributed by atoms with Gasteiger partial charge >= 0.3 is 0 Å². The highest BCUT2D eigenvalue weighted by Crippen LogP contribution is 2.13. The van der Waals surface area contributed by atoms with E-state index in [-0.39, 0.29) is 11.6 Å². The number of hydrogen-bond acceptors (Lipinski definition) is 6. The highest BCUT2D eigenvalue weighted by molar-refractivity contribution is 6.10. The predicted octanol–water partition coefficient (Wildman–Crippen LogP) is 2.15. The zero-order chi connectivity index (χ0) is 15.8. The summed E-state index contributed by atoms with van der Waals surface area (Å²) in [7, 11) is 0. The lowest BCUT2D eigenvalue weighted by atomic mass is 10.2. The number of nitrogens with zero attached hydrogens (tertiary/aromatic N) is 4. The Bertz CT molecular complexity index is 770. The van der Waals surface area contributed by atoms with Gasteiger partial charge in [-0.05, 0) is 30.3 Å². The van der Waals surface area contributed by atoms with E-state index in [4.69, 9.17) is 10.5 Å². The lowest BCUT2D eigenvalue weighted by molar-refractivity contribution is 0.102. The smallest absolute Gasteiger partial charge is 0.255 e. The van der Waals surface area contributed by atoms with Crippen LogP contribution in [0.25, 0.3) is 0 Å². The first-order valence-corrected chi connectivity index (χ1v) is 6.18. The van der Waals surface area contributed by atoms with E-state index in [0.29, 0.717) is 16.9 Å². The molecule has 0 aliphatic heterocycles. The Morgan fingerprint density at radius 1 is 1.14 bits per heavy atom. The average Bonchev–Trinajstić information content (AvgIpc) is 2.57. The van der Waals surface area contributed by atoms with Gasteiger partial charge in [-0.3, -0.25) is 15.2 Å². The summed E-state index contributed by atoms with van der Waals surface area (Å²) in [4.78, 5) is 16.0. The molecule has 1 amide bonds. The van der Waals surface area contributed by atoms with Crippen LogP contribution >= 0.6 is 0 Å². The van der Waals surface area contributed by atoms with Crippen molar-refractivity contribution < 1.29 is 4.79 Å². The molecule has 7 heteroatoms. The molecule has 7 nitrogen and oxygen atoms in total. The molecule has 1 aromatic carbocycles. The number of anilines is 2. The van der Waals surface area contributed by atoms with E-state index in [0.717, 1.165) is 0 Å². The predicted molar refractivity (Wildman–Crippen MR) is 80.9 cm³/mol. The van der Waals surface area contributed by atoms with Crippen LogP contribution in [0.5, 0.6) is 0 Å². The Kier molecular flexibility index (Phi) is 4.79. The number of hydrazone groups is 1. The molecule has 0 radical (unpaired) electrons. The van der Waals surface area contributed by atoms with Crippen molar-refractivity contribution in [2.75, 3.05) is 10.7 Å². The van der Waals surface area contributed by atoms with Crippen molar-refractivity contribution in [1.82, 2.24) is 4.98 Å². The molecule has 0 atom stereocenters. The summed E-state index contributed by atoms with van der Waals surface area (Å²) in [5.74, 6) is -0.304. The van der Waals surface area contributed by atoms with Crippen molar-refractivity contribution in [3.05, 3.63) is 54.4 Å². The van der Waals surface area contributed by atoms with Gasteiger partial charge in [-0.25, -0.2) is 0 Å². The minimum Gasteiger partial charge on any atom is -0.321 e. The first-order valence-electron chi connectivity index (χ1n) is 6.18. The normalized spacial score (nSPS) is 9.00. The molecule has 2 N–H and O–H groups in total. The highest BCUT2D eigenvalue weighted by atomic mass is 16.1. The molecule has 0 spiro atoms. The SMILES string of the molecule is N#CC(C#N)=NNc1cccc(C(=O)Nc2cccnc2)c1. The number of aromatic nitrogens is 1. The summed E-state index contributed by atoms with van der Waals surface area (Å²) in [6.45, 7) is 0. The molecule has 22 heavy (non-hydrogen) atoms. The Labute approximate surface area is 126 Å². The van der Waals surface area contributed by atoms with Crippen LogP contribution in [0.1, 0.15) is 10.4 Å². The van der Waals surface area contributed by atoms with Crippen molar-refractivity contribution >= 4 is 23.0 Å². The Morgan fingerprint density at radius 3 is 2.59 bits per heavy atom. The van der Waals surface area contributed by atoms with Crippen molar-refractivity contribution in [2.24, 2.45) is 5.10 Å². The Balaban J connectivity index is 2.12. The number of nitrogens with one attached hydrogen (secondary N) is 2. The third-order valence-corrected chi connectivity index (χ3v) is 2.55. The Hall–Kier alpha value is -3.71. The van der Waals surface area contributed by atoms with E-state index in [1.54, 1.807) is 54.7 Å². The maximum atomic E-state index is 12.1. The third-order valence-electron chi connectivity index (χ3n) is 2.55. The third kappa shape index (κ3) is 3.89. The fourth-order valence-corrected chi connectivity index (χ4v) is 1.57. The molecule has 2 rings (SSSR count). The summed E-state index contributed by atoms with van der Waals surface area (Å²) < 4.78 is 0. The molecule has 0 saturated carbocycles. The number of nitriles is 2. The molecule has 0 aliphatic rings. The summed E-state index contributed by atoms with van der Waals surface area (Å²) in [5, 5.41) is 23.5. The van der Waals surface area contributed by atoms with E-state index >= 15 is 0 Å². The van der Waals surface area contributed by atoms with Crippen LogP contribution in [0.4, 0.5) is 11.4 Å². The number of hydrogen-bond donors (Lipinski definition) is 2. The van der Waals surface area contributed by atoms with Crippen LogP contribution < -0.4 is 10.7 Å². The first-order chi connectivity index (χ1) is 10.7. The quantitative estimate of drug-likeness (QED) is 0.661. The van der Waals surface area contributed by atoms with Gasteiger partial charge < -0.3 is 5.32 Å². The fourth-order valence-electron chi connectivity index (χ4n) is 1.57. The van der Waals surface area contributed by atoms with E-state index in [1.165, 1.54) is 6.20 Å². The van der Waals surface area contributed by atoms with Gasteiger partial charge in [-0.1, -0.05) is 6.07 Å². The molecule has 1 heterocycles. The van der Waals surface area contributed by atoms with Crippen LogP contribution in [-0.2, 0) is 0 Å². The second kappa shape index (κ2) is 7.17. The summed E-state index contributed by atoms with van der Waals surface area (Å²) in [5.41, 5.74) is 3.73. The van der Waals surface area contributed by atoms with Crippen LogP contribution in [-0.4, -0.2) is 16.6 Å². The molecule has 0 bridgehead atoms. The number of carbonyl (C=O) groups excluding carboxylic acids is 1. The van der Waals surface area contributed by atoms with E-state index < -0.39 is 0 Å². The minimum atomic E-state index is -0.304. The fraction of sp³-hybridized carbons (Fsp3) is 0. The zero-order valence-corrected chi connectivity index (χ0v) is 11.3. The van der Waals surface area contributed by atoms with Crippen molar-refractivity contribution in [3.63, 3.8) is 0 Å². The lowest BCUT2D eigenvalue weighted by Gasteiger charge is -2.06. The van der Waals surface area contributed by atoms with Crippen LogP contribution in [0.2, 0.25) is 0 Å². The number of amides is 1. The van der Waals surface area contributed by atoms with Crippen LogP contribution in [0.3, 0.4) is 0 Å². The molecule has 1 aromatic heterocycles. The zero-order valence-electron chi connectivity index (χ0n) is 11.3. The summed E-state index contributed by atoms with van der Waals surface area (Å²) in [6.07, 6.45) is 3.15. The van der Waals surface area contributed by atoms with E-state index in [2.05, 4.69) is 20.8 Å². The Morgan fingerprint density at radius 2 is 1.91 bits per heavy atom. The summed E-state index contributed by atoms with van der Waals surface area (Å²) in [6, 6.07) is 13.2. The molecule has 106 valence electrons. The van der Waals surface area contributed by atoms with E-state index in [1.807, 2.05) is 0 Å². The van der Waals surface area contributed by atoms with Crippen LogP contribution in [0.15, 0.2) is 53.9 Å². The molecule has 2 aromatic rings. The molecule has 0 saturated heterocycles. The van der Waals surface area contributed by atoms with Gasteiger partial charge in [0.05, 0.1) is 17.6 Å². The molecule has 0 fully saturated rings. The minimum absolute atomic E-state index is 0.301. The van der Waals surface area contributed by atoms with Crippen LogP contribution in [0, 0.1) is 22.7 Å². The van der Waals surface area contributed by atoms with Gasteiger partial charge in [0.2, 0.25) is 5.71 Å². The number of benzene rings is 1. The topological polar surface area (TPSA) is 114 Å². The maximum absolute atomic E-state index is 12.1. The second-order valence-corrected chi connectivity index (χ2v) is 4.07. The molecular formula is C15H10N6O. The molecular weight excluding hydrogens is 280 g/mol. The number of pyridine rings is 1. The number of carbonyl (C=O) groups is 1. The van der Waals surface area contributed by atoms with Gasteiger partial charge in [0.25, 0.3) is 5.91 Å². The van der Waals surface area contributed by atoms with E-state index in [9.17, 15) is 4.79 Å². The lowest BCUT2D eigenvalue weighted by Crippen LogP contribution is -2.12. The summed E-state index contributed by atoms with van der Waals surface area (Å²) >= 11 is 0. The largest absolute Gasteiger partial charge is 0.321 e. The van der Waals surface area contributed by atoms with Crippen molar-refractivity contribution in [3.8, 4) is 12.1 Å². The first kappa shape index (κ1) is 14.7. The highest BCUT2D eigenvalue weighted by Gasteiger charge is 2.06. The van der Waals surface area contributed by atoms with Gasteiger partial charge in [0, 0.05) is 11.8 Å². The standard InChI is InChI=1S/C15H10N6O/c16-8-14(9-17)21-20-12-4-1-3-11(7-12)15(22)19-13-5-2-6-18-10-13/h1-7,10,20H,(H,19,22). The molecule has 0 aliphatic carbocycles. The monoisotopic (exact) mass is 290 g/mol. The van der Waals surface area contributed by atoms with Gasteiger partial charge in [0.15, 0.2) is 0 Å². The number of rotatable bonds is 4. The van der Waals surface area contributed by atoms with Crippen molar-refractivity contribution in [1.29, 1.82) is 10.5 Å². The molecule has 0 unspecified atom stereocenters. The van der Waals surface area contributed by atoms with Crippen molar-refractivity contribution in [2.45, 2.75) is 0 Å². The second-order valence-electron chi connectivity index (χ2n) is 4.07.